The van der Waals surface area contributed by atoms with Crippen LogP contribution in [0.25, 0.3) is 0 Å². The lowest BCUT2D eigenvalue weighted by Gasteiger charge is -2.26. The van der Waals surface area contributed by atoms with Gasteiger partial charge in [-0.2, -0.15) is 0 Å². The van der Waals surface area contributed by atoms with Crippen LogP contribution in [0.5, 0.6) is 5.75 Å². The molecule has 2 aromatic rings. The Kier molecular flexibility index (Phi) is 6.63. The van der Waals surface area contributed by atoms with Gasteiger partial charge < -0.3 is 14.8 Å². The lowest BCUT2D eigenvalue weighted by atomic mass is 10.1. The van der Waals surface area contributed by atoms with Crippen LogP contribution in [0.1, 0.15) is 16.7 Å². The molecule has 3 rings (SSSR count). The quantitative estimate of drug-likeness (QED) is 0.830. The van der Waals surface area contributed by atoms with Crippen molar-refractivity contribution in [1.29, 1.82) is 0 Å². The zero-order chi connectivity index (χ0) is 18.2. The maximum Gasteiger partial charge on any atom is 0.258 e. The normalized spacial score (nSPS) is 14.8. The highest BCUT2D eigenvalue weighted by atomic mass is 16.5. The molecule has 0 spiro atoms. The van der Waals surface area contributed by atoms with Crippen molar-refractivity contribution in [3.63, 3.8) is 0 Å². The third kappa shape index (κ3) is 5.86. The van der Waals surface area contributed by atoms with Crippen molar-refractivity contribution in [1.82, 2.24) is 10.2 Å². The van der Waals surface area contributed by atoms with Crippen LogP contribution in [0.2, 0.25) is 0 Å². The number of nitrogens with zero attached hydrogens (tertiary/aromatic N) is 1. The molecule has 1 N–H and O–H groups in total. The lowest BCUT2D eigenvalue weighted by Crippen LogP contribution is -2.35. The van der Waals surface area contributed by atoms with Crippen molar-refractivity contribution in [2.75, 3.05) is 32.9 Å². The van der Waals surface area contributed by atoms with Crippen LogP contribution in [0, 0.1) is 6.92 Å². The van der Waals surface area contributed by atoms with Gasteiger partial charge in [0.1, 0.15) is 5.75 Å². The third-order valence-electron chi connectivity index (χ3n) is 4.38. The molecule has 2 aromatic carbocycles. The van der Waals surface area contributed by atoms with E-state index in [4.69, 9.17) is 9.47 Å². The summed E-state index contributed by atoms with van der Waals surface area (Å²) in [4.78, 5) is 14.3. The van der Waals surface area contributed by atoms with Crippen LogP contribution in [-0.4, -0.2) is 43.7 Å². The number of hydrogen-bond donors (Lipinski definition) is 1. The van der Waals surface area contributed by atoms with E-state index in [9.17, 15) is 4.79 Å². The molecule has 0 bridgehead atoms. The Morgan fingerprint density at radius 2 is 1.85 bits per heavy atom. The number of aryl methyl sites for hydroxylation is 1. The number of benzene rings is 2. The zero-order valence-corrected chi connectivity index (χ0v) is 15.2. The van der Waals surface area contributed by atoms with E-state index >= 15 is 0 Å². The minimum atomic E-state index is -0.121. The molecule has 0 saturated carbocycles. The molecule has 1 amide bonds. The molecule has 5 heteroatoms. The molecule has 138 valence electrons. The van der Waals surface area contributed by atoms with Gasteiger partial charge in [0.15, 0.2) is 6.61 Å². The molecule has 0 aromatic heterocycles. The predicted octanol–water partition coefficient (Wildman–Crippen LogP) is 2.52. The van der Waals surface area contributed by atoms with Crippen molar-refractivity contribution in [2.24, 2.45) is 0 Å². The summed E-state index contributed by atoms with van der Waals surface area (Å²) < 4.78 is 10.9. The predicted molar refractivity (Wildman–Crippen MR) is 101 cm³/mol. The molecule has 0 radical (unpaired) electrons. The fraction of sp³-hybridized carbons (Fsp3) is 0.381. The second-order valence-electron chi connectivity index (χ2n) is 6.59. The molecular formula is C21H26N2O3. The average molecular weight is 354 g/mol. The monoisotopic (exact) mass is 354 g/mol. The fourth-order valence-corrected chi connectivity index (χ4v) is 2.89. The summed E-state index contributed by atoms with van der Waals surface area (Å²) in [5.41, 5.74) is 3.48. The number of rotatable bonds is 7. The van der Waals surface area contributed by atoms with Gasteiger partial charge in [-0.25, -0.2) is 0 Å². The van der Waals surface area contributed by atoms with E-state index in [0.717, 1.165) is 44.0 Å². The van der Waals surface area contributed by atoms with Crippen LogP contribution in [-0.2, 0) is 22.6 Å². The molecule has 0 unspecified atom stereocenters. The largest absolute Gasteiger partial charge is 0.484 e. The summed E-state index contributed by atoms with van der Waals surface area (Å²) in [5, 5.41) is 2.89. The molecule has 1 aliphatic rings. The average Bonchev–Trinajstić information content (AvgIpc) is 2.67. The number of hydrogen-bond acceptors (Lipinski definition) is 4. The molecule has 1 fully saturated rings. The zero-order valence-electron chi connectivity index (χ0n) is 15.2. The highest BCUT2D eigenvalue weighted by Crippen LogP contribution is 2.12. The summed E-state index contributed by atoms with van der Waals surface area (Å²) in [5.74, 6) is 0.594. The maximum absolute atomic E-state index is 11.9. The van der Waals surface area contributed by atoms with E-state index in [0.29, 0.717) is 12.3 Å². The van der Waals surface area contributed by atoms with E-state index in [1.54, 1.807) is 0 Å². The van der Waals surface area contributed by atoms with Crippen LogP contribution in [0.4, 0.5) is 0 Å². The molecule has 1 heterocycles. The Balaban J connectivity index is 1.40. The molecule has 0 atom stereocenters. The van der Waals surface area contributed by atoms with Crippen molar-refractivity contribution >= 4 is 5.91 Å². The van der Waals surface area contributed by atoms with Crippen molar-refractivity contribution < 1.29 is 14.3 Å². The number of nitrogens with one attached hydrogen (secondary N) is 1. The third-order valence-corrected chi connectivity index (χ3v) is 4.38. The highest BCUT2D eigenvalue weighted by Gasteiger charge is 2.10. The standard InChI is InChI=1S/C21H26N2O3/c1-17-3-2-4-20(13-17)26-16-21(24)22-14-18-5-7-19(8-6-18)15-23-9-11-25-12-10-23/h2-8,13H,9-12,14-16H2,1H3,(H,22,24). The first-order valence-corrected chi connectivity index (χ1v) is 9.03. The summed E-state index contributed by atoms with van der Waals surface area (Å²) in [7, 11) is 0. The van der Waals surface area contributed by atoms with Gasteiger partial charge in [0.05, 0.1) is 13.2 Å². The van der Waals surface area contributed by atoms with Crippen molar-refractivity contribution in [2.45, 2.75) is 20.0 Å². The Morgan fingerprint density at radius 3 is 2.58 bits per heavy atom. The van der Waals surface area contributed by atoms with Crippen LogP contribution < -0.4 is 10.1 Å². The van der Waals surface area contributed by atoms with E-state index in [1.165, 1.54) is 5.56 Å². The molecule has 5 nitrogen and oxygen atoms in total. The van der Waals surface area contributed by atoms with Gasteiger partial charge in [-0.15, -0.1) is 0 Å². The summed E-state index contributed by atoms with van der Waals surface area (Å²) in [6.45, 7) is 7.07. The summed E-state index contributed by atoms with van der Waals surface area (Å²) in [6.07, 6.45) is 0. The number of carbonyl (C=O) groups excluding carboxylic acids is 1. The first kappa shape index (κ1) is 18.4. The van der Waals surface area contributed by atoms with Crippen molar-refractivity contribution in [3.8, 4) is 5.75 Å². The van der Waals surface area contributed by atoms with Crippen LogP contribution in [0.3, 0.4) is 0 Å². The maximum atomic E-state index is 11.9. The Labute approximate surface area is 154 Å². The first-order chi connectivity index (χ1) is 12.7. The molecular weight excluding hydrogens is 328 g/mol. The summed E-state index contributed by atoms with van der Waals surface area (Å²) >= 11 is 0. The second kappa shape index (κ2) is 9.36. The second-order valence-corrected chi connectivity index (χ2v) is 6.59. The lowest BCUT2D eigenvalue weighted by molar-refractivity contribution is -0.123. The minimum absolute atomic E-state index is 0.0264. The molecule has 0 aliphatic carbocycles. The Morgan fingerprint density at radius 1 is 1.12 bits per heavy atom. The number of carbonyl (C=O) groups is 1. The van der Waals surface area contributed by atoms with Gasteiger partial charge in [0.2, 0.25) is 0 Å². The van der Waals surface area contributed by atoms with Gasteiger partial charge in [-0.1, -0.05) is 36.4 Å². The summed E-state index contributed by atoms with van der Waals surface area (Å²) in [6, 6.07) is 16.1. The minimum Gasteiger partial charge on any atom is -0.484 e. The van der Waals surface area contributed by atoms with Gasteiger partial charge >= 0.3 is 0 Å². The molecule has 26 heavy (non-hydrogen) atoms. The highest BCUT2D eigenvalue weighted by molar-refractivity contribution is 5.77. The smallest absolute Gasteiger partial charge is 0.258 e. The topological polar surface area (TPSA) is 50.8 Å². The van der Waals surface area contributed by atoms with E-state index < -0.39 is 0 Å². The van der Waals surface area contributed by atoms with E-state index in [1.807, 2.05) is 31.2 Å². The fourth-order valence-electron chi connectivity index (χ4n) is 2.89. The van der Waals surface area contributed by atoms with Gasteiger partial charge in [0, 0.05) is 26.2 Å². The number of morpholine rings is 1. The SMILES string of the molecule is Cc1cccc(OCC(=O)NCc2ccc(CN3CCOCC3)cc2)c1. The van der Waals surface area contributed by atoms with Crippen LogP contribution in [0.15, 0.2) is 48.5 Å². The van der Waals surface area contributed by atoms with Crippen LogP contribution >= 0.6 is 0 Å². The Hall–Kier alpha value is -2.37. The van der Waals surface area contributed by atoms with Gasteiger partial charge in [-0.05, 0) is 35.7 Å². The van der Waals surface area contributed by atoms with Gasteiger partial charge in [-0.3, -0.25) is 9.69 Å². The van der Waals surface area contributed by atoms with E-state index in [2.05, 4.69) is 34.5 Å². The molecule has 1 aliphatic heterocycles. The Bertz CT molecular complexity index is 709. The van der Waals surface area contributed by atoms with Crippen molar-refractivity contribution in [3.05, 3.63) is 65.2 Å². The van der Waals surface area contributed by atoms with Gasteiger partial charge in [0.25, 0.3) is 5.91 Å². The first-order valence-electron chi connectivity index (χ1n) is 9.03. The molecule has 1 saturated heterocycles. The number of ether oxygens (including phenoxy) is 2. The number of amides is 1. The van der Waals surface area contributed by atoms with E-state index in [-0.39, 0.29) is 12.5 Å².